The zero-order valence-corrected chi connectivity index (χ0v) is 13.7. The van der Waals surface area contributed by atoms with Crippen LogP contribution in [0, 0.1) is 31.6 Å². The molecule has 9 heteroatoms. The molecule has 0 bridgehead atoms. The van der Waals surface area contributed by atoms with Crippen LogP contribution in [0.15, 0.2) is 42.5 Å². The largest absolute Gasteiger partial charge is 0.367 e. The number of piperazine rings is 1. The van der Waals surface area contributed by atoms with E-state index in [0.29, 0.717) is 37.6 Å². The van der Waals surface area contributed by atoms with Crippen LogP contribution in [0.5, 0.6) is 0 Å². The molecule has 1 aliphatic rings. The van der Waals surface area contributed by atoms with Crippen molar-refractivity contribution in [2.45, 2.75) is 0 Å². The molecule has 0 saturated carbocycles. The number of nitrogens with zero attached hydrogens (tertiary/aromatic N) is 5. The highest BCUT2D eigenvalue weighted by molar-refractivity contribution is 5.66. The van der Waals surface area contributed by atoms with Crippen LogP contribution in [0.1, 0.15) is 5.56 Å². The van der Waals surface area contributed by atoms with Gasteiger partial charge in [0.15, 0.2) is 0 Å². The van der Waals surface area contributed by atoms with Crippen LogP contribution in [-0.4, -0.2) is 36.0 Å². The molecule has 0 spiro atoms. The molecule has 0 aromatic heterocycles. The molecular formula is C17H15N5O4. The van der Waals surface area contributed by atoms with E-state index in [-0.39, 0.29) is 16.9 Å². The normalized spacial score (nSPS) is 14.0. The highest BCUT2D eigenvalue weighted by atomic mass is 16.6. The number of hydrogen-bond acceptors (Lipinski definition) is 7. The van der Waals surface area contributed by atoms with Crippen LogP contribution in [0.3, 0.4) is 0 Å². The fraction of sp³-hybridized carbons (Fsp3) is 0.235. The van der Waals surface area contributed by atoms with Crippen molar-refractivity contribution in [2.75, 3.05) is 36.0 Å². The van der Waals surface area contributed by atoms with Crippen molar-refractivity contribution in [3.05, 3.63) is 68.3 Å². The Labute approximate surface area is 149 Å². The summed E-state index contributed by atoms with van der Waals surface area (Å²) in [6.45, 7) is 2.20. The van der Waals surface area contributed by atoms with Crippen molar-refractivity contribution in [3.63, 3.8) is 0 Å². The quantitative estimate of drug-likeness (QED) is 0.612. The Morgan fingerprint density at radius 2 is 1.50 bits per heavy atom. The molecule has 1 saturated heterocycles. The third-order valence-corrected chi connectivity index (χ3v) is 4.35. The summed E-state index contributed by atoms with van der Waals surface area (Å²) in [7, 11) is 0. The molecule has 0 unspecified atom stereocenters. The second-order valence-corrected chi connectivity index (χ2v) is 5.79. The first-order chi connectivity index (χ1) is 12.5. The monoisotopic (exact) mass is 353 g/mol. The Kier molecular flexibility index (Phi) is 4.66. The molecular weight excluding hydrogens is 338 g/mol. The average Bonchev–Trinajstić information content (AvgIpc) is 2.67. The van der Waals surface area contributed by atoms with E-state index in [2.05, 4.69) is 0 Å². The first-order valence-corrected chi connectivity index (χ1v) is 7.93. The number of non-ortho nitro benzene ring substituents is 1. The van der Waals surface area contributed by atoms with Gasteiger partial charge in [0.25, 0.3) is 11.4 Å². The van der Waals surface area contributed by atoms with Gasteiger partial charge in [-0.3, -0.25) is 20.2 Å². The summed E-state index contributed by atoms with van der Waals surface area (Å²) in [5.41, 5.74) is 1.40. The van der Waals surface area contributed by atoms with Gasteiger partial charge in [0.1, 0.15) is 11.8 Å². The molecule has 0 N–H and O–H groups in total. The third kappa shape index (κ3) is 3.25. The Bertz CT molecular complexity index is 900. The summed E-state index contributed by atoms with van der Waals surface area (Å²) in [4.78, 5) is 25.0. The van der Waals surface area contributed by atoms with Gasteiger partial charge in [0.2, 0.25) is 0 Å². The first kappa shape index (κ1) is 17.2. The maximum atomic E-state index is 11.2. The van der Waals surface area contributed by atoms with Crippen LogP contribution < -0.4 is 9.80 Å². The molecule has 2 aromatic rings. The highest BCUT2D eigenvalue weighted by Gasteiger charge is 2.25. The molecule has 3 rings (SSSR count). The van der Waals surface area contributed by atoms with Gasteiger partial charge in [0, 0.05) is 44.4 Å². The van der Waals surface area contributed by atoms with E-state index in [1.807, 2.05) is 15.9 Å². The van der Waals surface area contributed by atoms with Crippen molar-refractivity contribution in [3.8, 4) is 6.07 Å². The van der Waals surface area contributed by atoms with E-state index in [4.69, 9.17) is 0 Å². The zero-order valence-electron chi connectivity index (χ0n) is 13.7. The lowest BCUT2D eigenvalue weighted by molar-refractivity contribution is -0.384. The molecule has 132 valence electrons. The summed E-state index contributed by atoms with van der Waals surface area (Å²) < 4.78 is 0. The predicted octanol–water partition coefficient (Wildman–Crippen LogP) is 2.70. The standard InChI is InChI=1S/C17H15N5O4/c18-12-13-11-14(21(23)24)5-6-15(13)19-7-9-20(10-8-19)16-3-1-2-4-17(16)22(25)26/h1-6,11H,7-10H2. The lowest BCUT2D eigenvalue weighted by atomic mass is 10.1. The van der Waals surface area contributed by atoms with Gasteiger partial charge < -0.3 is 9.80 Å². The van der Waals surface area contributed by atoms with Crippen LogP contribution in [0.25, 0.3) is 0 Å². The lowest BCUT2D eigenvalue weighted by Crippen LogP contribution is -2.47. The highest BCUT2D eigenvalue weighted by Crippen LogP contribution is 2.30. The Balaban J connectivity index is 1.79. The number of nitro benzene ring substituents is 2. The maximum absolute atomic E-state index is 11.2. The van der Waals surface area contributed by atoms with Crippen LogP contribution in [0.2, 0.25) is 0 Å². The van der Waals surface area contributed by atoms with E-state index >= 15 is 0 Å². The second kappa shape index (κ2) is 7.06. The van der Waals surface area contributed by atoms with Gasteiger partial charge in [-0.15, -0.1) is 0 Å². The Morgan fingerprint density at radius 3 is 2.08 bits per heavy atom. The number of nitro groups is 2. The van der Waals surface area contributed by atoms with Crippen molar-refractivity contribution in [1.29, 1.82) is 5.26 Å². The minimum Gasteiger partial charge on any atom is -0.367 e. The van der Waals surface area contributed by atoms with Crippen molar-refractivity contribution in [2.24, 2.45) is 0 Å². The van der Waals surface area contributed by atoms with Gasteiger partial charge >= 0.3 is 0 Å². The fourth-order valence-corrected chi connectivity index (χ4v) is 3.08. The number of hydrogen-bond donors (Lipinski definition) is 0. The number of rotatable bonds is 4. The zero-order chi connectivity index (χ0) is 18.7. The minimum absolute atomic E-state index is 0.0639. The molecule has 0 aliphatic carbocycles. The summed E-state index contributed by atoms with van der Waals surface area (Å²) in [5, 5.41) is 31.4. The summed E-state index contributed by atoms with van der Waals surface area (Å²) >= 11 is 0. The van der Waals surface area contributed by atoms with Crippen LogP contribution in [0.4, 0.5) is 22.7 Å². The van der Waals surface area contributed by atoms with E-state index in [9.17, 15) is 25.5 Å². The second-order valence-electron chi connectivity index (χ2n) is 5.79. The van der Waals surface area contributed by atoms with Crippen LogP contribution in [-0.2, 0) is 0 Å². The van der Waals surface area contributed by atoms with Gasteiger partial charge in [-0.1, -0.05) is 12.1 Å². The van der Waals surface area contributed by atoms with E-state index < -0.39 is 9.85 Å². The number of para-hydroxylation sites is 2. The smallest absolute Gasteiger partial charge is 0.292 e. The molecule has 0 atom stereocenters. The van der Waals surface area contributed by atoms with Gasteiger partial charge in [0.05, 0.1) is 21.1 Å². The van der Waals surface area contributed by atoms with Crippen molar-refractivity contribution >= 4 is 22.7 Å². The third-order valence-electron chi connectivity index (χ3n) is 4.35. The molecule has 1 aliphatic heterocycles. The molecule has 9 nitrogen and oxygen atoms in total. The summed E-state index contributed by atoms with van der Waals surface area (Å²) in [5.74, 6) is 0. The number of benzene rings is 2. The van der Waals surface area contributed by atoms with Crippen molar-refractivity contribution in [1.82, 2.24) is 0 Å². The average molecular weight is 353 g/mol. The van der Waals surface area contributed by atoms with E-state index in [0.717, 1.165) is 0 Å². The molecule has 0 amide bonds. The topological polar surface area (TPSA) is 117 Å². The number of anilines is 2. The number of nitriles is 1. The van der Waals surface area contributed by atoms with Gasteiger partial charge in [-0.25, -0.2) is 0 Å². The van der Waals surface area contributed by atoms with Gasteiger partial charge in [-0.2, -0.15) is 5.26 Å². The van der Waals surface area contributed by atoms with Gasteiger partial charge in [-0.05, 0) is 12.1 Å². The maximum Gasteiger partial charge on any atom is 0.292 e. The lowest BCUT2D eigenvalue weighted by Gasteiger charge is -2.37. The summed E-state index contributed by atoms with van der Waals surface area (Å²) in [6, 6.07) is 12.8. The van der Waals surface area contributed by atoms with E-state index in [1.54, 1.807) is 24.3 Å². The van der Waals surface area contributed by atoms with E-state index in [1.165, 1.54) is 18.2 Å². The molecule has 1 heterocycles. The van der Waals surface area contributed by atoms with Crippen molar-refractivity contribution < 1.29 is 9.85 Å². The molecule has 26 heavy (non-hydrogen) atoms. The molecule has 0 radical (unpaired) electrons. The molecule has 2 aromatic carbocycles. The Hall–Kier alpha value is -3.67. The minimum atomic E-state index is -0.531. The van der Waals surface area contributed by atoms with Crippen LogP contribution >= 0.6 is 0 Å². The fourth-order valence-electron chi connectivity index (χ4n) is 3.08. The summed E-state index contributed by atoms with van der Waals surface area (Å²) in [6.07, 6.45) is 0. The Morgan fingerprint density at radius 1 is 0.885 bits per heavy atom. The predicted molar refractivity (Wildman–Crippen MR) is 95.3 cm³/mol. The SMILES string of the molecule is N#Cc1cc([N+](=O)[O-])ccc1N1CCN(c2ccccc2[N+](=O)[O-])CC1. The molecule has 1 fully saturated rings. The first-order valence-electron chi connectivity index (χ1n) is 7.93.